The third-order valence-corrected chi connectivity index (χ3v) is 2.42. The molecule has 17 heavy (non-hydrogen) atoms. The van der Waals surface area contributed by atoms with Crippen LogP contribution in [0.3, 0.4) is 0 Å². The quantitative estimate of drug-likeness (QED) is 0.752. The highest BCUT2D eigenvalue weighted by Gasteiger charge is 2.17. The highest BCUT2D eigenvalue weighted by Crippen LogP contribution is 2.07. The van der Waals surface area contributed by atoms with E-state index in [9.17, 15) is 9.59 Å². The summed E-state index contributed by atoms with van der Waals surface area (Å²) in [5.41, 5.74) is 0.702. The zero-order valence-electron chi connectivity index (χ0n) is 10.8. The molecule has 1 heterocycles. The highest BCUT2D eigenvalue weighted by atomic mass is 16.5. The number of esters is 1. The second kappa shape index (κ2) is 5.66. The Morgan fingerprint density at radius 2 is 2.06 bits per heavy atom. The lowest BCUT2D eigenvalue weighted by Crippen LogP contribution is -2.29. The van der Waals surface area contributed by atoms with Crippen LogP contribution in [-0.2, 0) is 9.53 Å². The first-order chi connectivity index (χ1) is 7.91. The van der Waals surface area contributed by atoms with E-state index in [2.05, 4.69) is 0 Å². The molecule has 0 saturated heterocycles. The average Bonchev–Trinajstić information content (AvgIpc) is 2.25. The van der Waals surface area contributed by atoms with Crippen LogP contribution in [0.4, 0.5) is 0 Å². The van der Waals surface area contributed by atoms with Crippen molar-refractivity contribution in [2.24, 2.45) is 5.92 Å². The summed E-state index contributed by atoms with van der Waals surface area (Å²) in [6.07, 6.45) is 1.62. The molecule has 0 radical (unpaired) electrons. The number of pyridine rings is 1. The summed E-state index contributed by atoms with van der Waals surface area (Å²) >= 11 is 0. The minimum Gasteiger partial charge on any atom is -0.464 e. The number of carbonyl (C=O) groups is 1. The molecule has 1 rings (SSSR count). The van der Waals surface area contributed by atoms with E-state index in [4.69, 9.17) is 4.74 Å². The fourth-order valence-electron chi connectivity index (χ4n) is 1.39. The van der Waals surface area contributed by atoms with Crippen LogP contribution in [0.15, 0.2) is 23.1 Å². The Labute approximate surface area is 101 Å². The zero-order valence-corrected chi connectivity index (χ0v) is 10.8. The van der Waals surface area contributed by atoms with Gasteiger partial charge in [-0.05, 0) is 31.4 Å². The lowest BCUT2D eigenvalue weighted by Gasteiger charge is -2.15. The molecule has 0 amide bonds. The number of ether oxygens (including phenoxy) is 1. The normalized spacial score (nSPS) is 12.5. The van der Waals surface area contributed by atoms with Gasteiger partial charge in [0.2, 0.25) is 0 Å². The SMILES string of the molecule is Cc1ccn(C(C)C(=O)OCC(C)C)c(=O)c1. The van der Waals surface area contributed by atoms with Crippen molar-refractivity contribution in [1.82, 2.24) is 4.57 Å². The minimum absolute atomic E-state index is 0.181. The van der Waals surface area contributed by atoms with Crippen molar-refractivity contribution in [3.05, 3.63) is 34.2 Å². The first-order valence-electron chi connectivity index (χ1n) is 5.77. The molecule has 94 valence electrons. The molecule has 4 heteroatoms. The maximum Gasteiger partial charge on any atom is 0.328 e. The van der Waals surface area contributed by atoms with Gasteiger partial charge >= 0.3 is 5.97 Å². The van der Waals surface area contributed by atoms with Crippen LogP contribution in [0.5, 0.6) is 0 Å². The molecule has 0 saturated carbocycles. The molecular formula is C13H19NO3. The van der Waals surface area contributed by atoms with Crippen LogP contribution in [0, 0.1) is 12.8 Å². The van der Waals surface area contributed by atoms with Crippen molar-refractivity contribution in [1.29, 1.82) is 0 Å². The summed E-state index contributed by atoms with van der Waals surface area (Å²) in [6.45, 7) is 7.82. The Morgan fingerprint density at radius 1 is 1.41 bits per heavy atom. The van der Waals surface area contributed by atoms with E-state index in [0.29, 0.717) is 12.5 Å². The van der Waals surface area contributed by atoms with Gasteiger partial charge < -0.3 is 9.30 Å². The van der Waals surface area contributed by atoms with Crippen LogP contribution >= 0.6 is 0 Å². The van der Waals surface area contributed by atoms with Crippen LogP contribution in [0.1, 0.15) is 32.4 Å². The zero-order chi connectivity index (χ0) is 13.0. The molecule has 1 aromatic rings. The third-order valence-electron chi connectivity index (χ3n) is 2.42. The van der Waals surface area contributed by atoms with Gasteiger partial charge in [-0.1, -0.05) is 13.8 Å². The van der Waals surface area contributed by atoms with E-state index >= 15 is 0 Å². The average molecular weight is 237 g/mol. The number of aryl methyl sites for hydroxylation is 1. The lowest BCUT2D eigenvalue weighted by atomic mass is 10.2. The van der Waals surface area contributed by atoms with Gasteiger partial charge in [0, 0.05) is 12.3 Å². The molecule has 0 aliphatic carbocycles. The van der Waals surface area contributed by atoms with Crippen molar-refractivity contribution < 1.29 is 9.53 Å². The molecule has 4 nitrogen and oxygen atoms in total. The van der Waals surface area contributed by atoms with Gasteiger partial charge in [-0.3, -0.25) is 4.79 Å². The molecule has 0 bridgehead atoms. The maximum atomic E-state index is 11.7. The number of hydrogen-bond acceptors (Lipinski definition) is 3. The molecule has 0 fully saturated rings. The molecular weight excluding hydrogens is 218 g/mol. The van der Waals surface area contributed by atoms with E-state index in [1.807, 2.05) is 20.8 Å². The number of nitrogens with zero attached hydrogens (tertiary/aromatic N) is 1. The standard InChI is InChI=1S/C13H19NO3/c1-9(2)8-17-13(16)11(4)14-6-5-10(3)7-12(14)15/h5-7,9,11H,8H2,1-4H3. The Bertz CT molecular complexity index is 448. The second-order valence-corrected chi connectivity index (χ2v) is 4.65. The van der Waals surface area contributed by atoms with Crippen molar-refractivity contribution in [3.8, 4) is 0 Å². The summed E-state index contributed by atoms with van der Waals surface area (Å²) in [6, 6.07) is 2.72. The summed E-state index contributed by atoms with van der Waals surface area (Å²) in [4.78, 5) is 23.4. The summed E-state index contributed by atoms with van der Waals surface area (Å²) in [5, 5.41) is 0. The third kappa shape index (κ3) is 3.73. The number of aromatic nitrogens is 1. The summed E-state index contributed by atoms with van der Waals surface area (Å²) in [7, 11) is 0. The summed E-state index contributed by atoms with van der Waals surface area (Å²) < 4.78 is 6.49. The largest absolute Gasteiger partial charge is 0.464 e. The first kappa shape index (κ1) is 13.5. The monoisotopic (exact) mass is 237 g/mol. The second-order valence-electron chi connectivity index (χ2n) is 4.65. The maximum absolute atomic E-state index is 11.7. The van der Waals surface area contributed by atoms with Gasteiger partial charge in [0.15, 0.2) is 0 Å². The van der Waals surface area contributed by atoms with Gasteiger partial charge in [0.25, 0.3) is 5.56 Å². The smallest absolute Gasteiger partial charge is 0.328 e. The first-order valence-corrected chi connectivity index (χ1v) is 5.77. The van der Waals surface area contributed by atoms with Crippen LogP contribution in [-0.4, -0.2) is 17.1 Å². The van der Waals surface area contributed by atoms with Crippen molar-refractivity contribution in [2.75, 3.05) is 6.61 Å². The molecule has 0 N–H and O–H groups in total. The molecule has 0 aliphatic heterocycles. The predicted octanol–water partition coefficient (Wildman–Crippen LogP) is 1.92. The topological polar surface area (TPSA) is 48.3 Å². The lowest BCUT2D eigenvalue weighted by molar-refractivity contribution is -0.148. The molecule has 1 aromatic heterocycles. The van der Waals surface area contributed by atoms with Crippen molar-refractivity contribution in [2.45, 2.75) is 33.7 Å². The van der Waals surface area contributed by atoms with Gasteiger partial charge in [0.05, 0.1) is 6.61 Å². The van der Waals surface area contributed by atoms with Gasteiger partial charge in [-0.25, -0.2) is 4.79 Å². The van der Waals surface area contributed by atoms with Gasteiger partial charge in [-0.2, -0.15) is 0 Å². The Kier molecular flexibility index (Phi) is 4.49. The van der Waals surface area contributed by atoms with Gasteiger partial charge in [0.1, 0.15) is 6.04 Å². The Morgan fingerprint density at radius 3 is 2.59 bits per heavy atom. The van der Waals surface area contributed by atoms with Crippen LogP contribution < -0.4 is 5.56 Å². The molecule has 0 spiro atoms. The number of carbonyl (C=O) groups excluding carboxylic acids is 1. The number of hydrogen-bond donors (Lipinski definition) is 0. The Hall–Kier alpha value is -1.58. The minimum atomic E-state index is -0.582. The fourth-order valence-corrected chi connectivity index (χ4v) is 1.39. The predicted molar refractivity (Wildman–Crippen MR) is 65.9 cm³/mol. The van der Waals surface area contributed by atoms with E-state index in [1.54, 1.807) is 19.2 Å². The van der Waals surface area contributed by atoms with E-state index in [-0.39, 0.29) is 11.5 Å². The van der Waals surface area contributed by atoms with Crippen LogP contribution in [0.2, 0.25) is 0 Å². The Balaban J connectivity index is 2.78. The molecule has 0 aromatic carbocycles. The summed E-state index contributed by atoms with van der Waals surface area (Å²) in [5.74, 6) is -0.0782. The van der Waals surface area contributed by atoms with E-state index in [1.165, 1.54) is 10.6 Å². The van der Waals surface area contributed by atoms with Crippen LogP contribution in [0.25, 0.3) is 0 Å². The molecule has 1 unspecified atom stereocenters. The van der Waals surface area contributed by atoms with E-state index < -0.39 is 6.04 Å². The van der Waals surface area contributed by atoms with Gasteiger partial charge in [-0.15, -0.1) is 0 Å². The van der Waals surface area contributed by atoms with Crippen molar-refractivity contribution in [3.63, 3.8) is 0 Å². The van der Waals surface area contributed by atoms with Crippen molar-refractivity contribution >= 4 is 5.97 Å². The number of rotatable bonds is 4. The van der Waals surface area contributed by atoms with E-state index in [0.717, 1.165) is 5.56 Å². The highest BCUT2D eigenvalue weighted by molar-refractivity contribution is 5.73. The fraction of sp³-hybridized carbons (Fsp3) is 0.538. The molecule has 0 aliphatic rings. The molecule has 1 atom stereocenters.